The van der Waals surface area contributed by atoms with Crippen LogP contribution in [0, 0.1) is 5.92 Å². The van der Waals surface area contributed by atoms with Gasteiger partial charge in [-0.25, -0.2) is 4.79 Å². The number of carbonyl (C=O) groups is 10. The molecule has 30 heteroatoms. The first kappa shape index (κ1) is 66.4. The first-order valence-corrected chi connectivity index (χ1v) is 24.1. The number of aliphatic hydroxyl groups is 2. The molecular formula is C45H75F3N14O13. The molecule has 22 N–H and O–H groups in total. The van der Waals surface area contributed by atoms with Crippen molar-refractivity contribution in [1.82, 2.24) is 47.9 Å². The van der Waals surface area contributed by atoms with Crippen LogP contribution in [-0.2, 0) is 54.4 Å². The van der Waals surface area contributed by atoms with Gasteiger partial charge in [-0.15, -0.1) is 0 Å². The number of carboxylic acid groups (broad SMARTS) is 1. The summed E-state index contributed by atoms with van der Waals surface area (Å²) in [6, 6.07) is -4.14. The number of carbonyl (C=O) groups excluding carboxylic acids is 9. The summed E-state index contributed by atoms with van der Waals surface area (Å²) in [6.07, 6.45) is -8.86. The maximum Gasteiger partial charge on any atom is 0.490 e. The van der Waals surface area contributed by atoms with E-state index < -0.39 is 138 Å². The molecule has 0 saturated carbocycles. The molecule has 0 spiro atoms. The fourth-order valence-corrected chi connectivity index (χ4v) is 7.00. The Bertz CT molecular complexity index is 2060. The zero-order chi connectivity index (χ0) is 57.2. The van der Waals surface area contributed by atoms with Gasteiger partial charge in [0.25, 0.3) is 0 Å². The van der Waals surface area contributed by atoms with Crippen LogP contribution in [-0.4, -0.2) is 180 Å². The number of benzene rings is 1. The van der Waals surface area contributed by atoms with Gasteiger partial charge in [0.1, 0.15) is 54.4 Å². The summed E-state index contributed by atoms with van der Waals surface area (Å²) in [7, 11) is 0. The Kier molecular flexibility index (Phi) is 29.6. The van der Waals surface area contributed by atoms with Crippen molar-refractivity contribution in [2.24, 2.45) is 34.6 Å². The van der Waals surface area contributed by atoms with Crippen LogP contribution in [0.25, 0.3) is 0 Å². The van der Waals surface area contributed by atoms with Crippen LogP contribution in [0.4, 0.5) is 13.2 Å². The van der Waals surface area contributed by atoms with E-state index in [1.54, 1.807) is 44.2 Å². The van der Waals surface area contributed by atoms with Gasteiger partial charge in [-0.1, -0.05) is 44.2 Å². The van der Waals surface area contributed by atoms with Crippen molar-refractivity contribution in [2.75, 3.05) is 32.7 Å². The van der Waals surface area contributed by atoms with E-state index in [0.717, 1.165) is 0 Å². The number of nitrogens with two attached hydrogens (primary N) is 5. The number of alkyl halides is 3. The van der Waals surface area contributed by atoms with E-state index in [9.17, 15) is 66.5 Å². The Morgan fingerprint density at radius 2 is 1.09 bits per heavy atom. The van der Waals surface area contributed by atoms with Crippen molar-refractivity contribution < 1.29 is 76.4 Å². The van der Waals surface area contributed by atoms with Gasteiger partial charge in [-0.3, -0.25) is 43.2 Å². The second-order valence-electron chi connectivity index (χ2n) is 17.9. The second kappa shape index (κ2) is 33.4. The van der Waals surface area contributed by atoms with Crippen molar-refractivity contribution in [3.63, 3.8) is 0 Å². The fraction of sp³-hybridized carbons (Fsp3) is 0.644. The summed E-state index contributed by atoms with van der Waals surface area (Å²) in [4.78, 5) is 133. The third-order valence-corrected chi connectivity index (χ3v) is 11.1. The lowest BCUT2D eigenvalue weighted by Crippen LogP contribution is -2.61. The van der Waals surface area contributed by atoms with Crippen LogP contribution >= 0.6 is 0 Å². The van der Waals surface area contributed by atoms with E-state index >= 15 is 0 Å². The second-order valence-corrected chi connectivity index (χ2v) is 17.9. The third kappa shape index (κ3) is 24.1. The Morgan fingerprint density at radius 1 is 0.653 bits per heavy atom. The highest BCUT2D eigenvalue weighted by molar-refractivity contribution is 5.98. The highest BCUT2D eigenvalue weighted by Crippen LogP contribution is 2.14. The Labute approximate surface area is 431 Å². The summed E-state index contributed by atoms with van der Waals surface area (Å²) < 4.78 is 31.7. The maximum atomic E-state index is 14.2. The molecular weight excluding hydrogens is 1000 g/mol. The van der Waals surface area contributed by atoms with Gasteiger partial charge >= 0.3 is 12.1 Å². The monoisotopic (exact) mass is 1080 g/mol. The quantitative estimate of drug-likeness (QED) is 0.0650. The predicted octanol–water partition coefficient (Wildman–Crippen LogP) is -6.21. The number of aliphatic hydroxyl groups excluding tert-OH is 2. The molecule has 1 fully saturated rings. The SMILES string of the molecule is CC(C)C[C@@H]1NC(=O)[C@@H](Cc2ccccc2)NC(=O)[C@H](CCN)NC(=O)[C@@H](NC(=O)[C@H](CCN)NC(=O)[C@@H](N)[C@@H](C)O)CCNC(=O)[C@H]([C@@H](C)O)NC(=O)[C@H](CCN)NC(=O)[C@H](CCN)NC1=O.O=C(O)C(F)(F)F. The molecule has 11 atom stereocenters. The minimum absolute atomic E-state index is 0.0731. The van der Waals surface area contributed by atoms with E-state index in [1.807, 2.05) is 0 Å². The molecule has 1 heterocycles. The van der Waals surface area contributed by atoms with E-state index in [1.165, 1.54) is 13.8 Å². The molecule has 0 bridgehead atoms. The molecule has 424 valence electrons. The average molecular weight is 1080 g/mol. The van der Waals surface area contributed by atoms with Gasteiger partial charge in [0.2, 0.25) is 53.2 Å². The van der Waals surface area contributed by atoms with Gasteiger partial charge in [-0.05, 0) is 90.0 Å². The molecule has 1 aromatic rings. The van der Waals surface area contributed by atoms with E-state index in [2.05, 4.69) is 47.9 Å². The average Bonchev–Trinajstić information content (AvgIpc) is 3.33. The molecule has 0 aliphatic carbocycles. The molecule has 9 amide bonds. The summed E-state index contributed by atoms with van der Waals surface area (Å²) in [5.74, 6) is -10.9. The lowest BCUT2D eigenvalue weighted by Gasteiger charge is -2.28. The van der Waals surface area contributed by atoms with Crippen molar-refractivity contribution >= 4 is 59.1 Å². The zero-order valence-electron chi connectivity index (χ0n) is 42.2. The van der Waals surface area contributed by atoms with Gasteiger partial charge in [0, 0.05) is 13.0 Å². The topological polar surface area (TPSA) is 470 Å². The van der Waals surface area contributed by atoms with Crippen LogP contribution in [0.1, 0.15) is 71.8 Å². The number of carboxylic acids is 1. The smallest absolute Gasteiger partial charge is 0.475 e. The molecule has 0 radical (unpaired) electrons. The number of halogens is 3. The molecule has 1 aliphatic heterocycles. The molecule has 0 unspecified atom stereocenters. The van der Waals surface area contributed by atoms with E-state index in [4.69, 9.17) is 38.6 Å². The normalized spacial score (nSPS) is 23.6. The molecule has 1 aromatic carbocycles. The lowest BCUT2D eigenvalue weighted by atomic mass is 10.00. The minimum Gasteiger partial charge on any atom is -0.475 e. The van der Waals surface area contributed by atoms with E-state index in [0.29, 0.717) is 5.56 Å². The zero-order valence-corrected chi connectivity index (χ0v) is 42.2. The Hall–Kier alpha value is -6.57. The maximum absolute atomic E-state index is 14.2. The molecule has 1 saturated heterocycles. The largest absolute Gasteiger partial charge is 0.490 e. The third-order valence-electron chi connectivity index (χ3n) is 11.1. The van der Waals surface area contributed by atoms with Gasteiger partial charge in [0.05, 0.1) is 12.2 Å². The summed E-state index contributed by atoms with van der Waals surface area (Å²) in [6.45, 7) is 5.20. The number of rotatable bonds is 18. The molecule has 0 aromatic heterocycles. The number of aliphatic carboxylic acids is 1. The number of hydrogen-bond donors (Lipinski definition) is 17. The van der Waals surface area contributed by atoms with E-state index in [-0.39, 0.29) is 77.0 Å². The lowest BCUT2D eigenvalue weighted by molar-refractivity contribution is -0.192. The van der Waals surface area contributed by atoms with Crippen LogP contribution in [0.5, 0.6) is 0 Å². The van der Waals surface area contributed by atoms with Gasteiger partial charge in [0.15, 0.2) is 0 Å². The molecule has 75 heavy (non-hydrogen) atoms. The summed E-state index contributed by atoms with van der Waals surface area (Å²) in [5.41, 5.74) is 29.6. The first-order chi connectivity index (χ1) is 35.1. The Morgan fingerprint density at radius 3 is 1.53 bits per heavy atom. The summed E-state index contributed by atoms with van der Waals surface area (Å²) >= 11 is 0. The first-order valence-electron chi connectivity index (χ1n) is 24.1. The highest BCUT2D eigenvalue weighted by atomic mass is 19.4. The van der Waals surface area contributed by atoms with Crippen molar-refractivity contribution in [2.45, 2.75) is 145 Å². The molecule has 1 aliphatic rings. The number of nitrogens with one attached hydrogen (secondary N) is 9. The molecule has 2 rings (SSSR count). The Balaban J connectivity index is 0.00000373. The molecule has 27 nitrogen and oxygen atoms in total. The standard InChI is InChI=1S/C43H74N14O11.C2HF3O2/c1-22(2)20-31-40(65)52-26(10-15-44)35(60)51-29(13-18-47)39(64)57-34(24(4)59)43(68)49-19-14-30(53-36(61)28(12-17-46)54-42(67)33(48)23(3)58)38(63)50-27(11-16-45)37(62)56-32(41(66)55-31)21-25-8-6-5-7-9-25;3-2(4,5)1(6)7/h5-9,22-24,26-34,58-59H,10-21,44-48H2,1-4H3,(H,49,68)(H,50,63)(H,51,60)(H,52,65)(H,53,61)(H,54,67)(H,55,66)(H,56,62)(H,57,64);(H,6,7)/t23-,24-,26+,27+,28+,29+,30+,31+,32-,33+,34+;/m1./s1. The number of hydrogen-bond acceptors (Lipinski definition) is 17. The van der Waals surface area contributed by atoms with Crippen LogP contribution in [0.15, 0.2) is 30.3 Å². The van der Waals surface area contributed by atoms with Crippen molar-refractivity contribution in [3.05, 3.63) is 35.9 Å². The van der Waals surface area contributed by atoms with Crippen LogP contribution in [0.2, 0.25) is 0 Å². The predicted molar refractivity (Wildman–Crippen MR) is 262 cm³/mol. The van der Waals surface area contributed by atoms with Gasteiger partial charge < -0.3 is 91.8 Å². The van der Waals surface area contributed by atoms with Crippen LogP contribution in [0.3, 0.4) is 0 Å². The fourth-order valence-electron chi connectivity index (χ4n) is 7.00. The van der Waals surface area contributed by atoms with Crippen molar-refractivity contribution in [3.8, 4) is 0 Å². The number of amides is 9. The minimum atomic E-state index is -5.08. The van der Waals surface area contributed by atoms with Crippen molar-refractivity contribution in [1.29, 1.82) is 0 Å². The summed E-state index contributed by atoms with van der Waals surface area (Å²) in [5, 5.41) is 50.5. The van der Waals surface area contributed by atoms with Gasteiger partial charge in [-0.2, -0.15) is 13.2 Å². The highest BCUT2D eigenvalue weighted by Gasteiger charge is 2.39. The van der Waals surface area contributed by atoms with Crippen LogP contribution < -0.4 is 76.5 Å².